The molecule has 726 valence electrons. The van der Waals surface area contributed by atoms with Gasteiger partial charge in [0, 0.05) is 96.6 Å². The quantitative estimate of drug-likeness (QED) is 0.00810. The SMILES string of the molecule is Cc1ccc(-n2nc(C)c(N=Nc3cc(S(=O)(=O)NCCCOC(C)C)cc([N+](=O)[O-])c3O)c2O)cc1.Cc1ccc(-n2nc(C)c(N=Nc3cc(S(=O)(=O)NCCCOC(C)C)cc([N+](=O)[O-])c3O)c2O)cc1.Cc1ccc(-n2nc(C)c(N=Nc3cc(S(C)(=O)=O)cc([N+](=O)[O-])c3O)c2O)cc1.Cc1ccc(-n2nc(C)c(N=Nc3cc(S(C)(=O)=O)cc([N+](=O)[O-])c3O)c2O)cc1.[Co].[Co]. The number of benzene rings is 8. The first-order chi connectivity index (χ1) is 62.8. The Morgan fingerprint density at radius 2 is 0.537 bits per heavy atom. The molecule has 2 radical (unpaired) electrons. The van der Waals surface area contributed by atoms with E-state index < -0.39 is 147 Å². The van der Waals surface area contributed by atoms with Gasteiger partial charge < -0.3 is 50.3 Å². The van der Waals surface area contributed by atoms with Crippen molar-refractivity contribution < 1.29 is 137 Å². The van der Waals surface area contributed by atoms with Crippen molar-refractivity contribution in [2.75, 3.05) is 38.8 Å². The van der Waals surface area contributed by atoms with Gasteiger partial charge in [0.1, 0.15) is 22.7 Å². The number of phenols is 4. The Labute approximate surface area is 796 Å². The third-order valence-corrected chi connectivity index (χ3v) is 23.8. The molecule has 0 aliphatic rings. The molecular weight excluding hydrogens is 1960 g/mol. The molecule has 0 bridgehead atoms. The van der Waals surface area contributed by atoms with E-state index in [0.717, 1.165) is 83.3 Å². The third kappa shape index (κ3) is 27.5. The Morgan fingerprint density at radius 3 is 0.728 bits per heavy atom. The summed E-state index contributed by atoms with van der Waals surface area (Å²) in [6.07, 6.45) is 2.49. The Morgan fingerprint density at radius 1 is 0.338 bits per heavy atom. The Bertz CT molecular complexity index is 6660. The summed E-state index contributed by atoms with van der Waals surface area (Å²) in [4.78, 5) is 39.7. The molecule has 0 spiro atoms. The molecule has 4 heterocycles. The zero-order valence-electron chi connectivity index (χ0n) is 74.4. The zero-order chi connectivity index (χ0) is 99.1. The molecule has 10 N–H and O–H groups in total. The molecule has 54 heteroatoms. The van der Waals surface area contributed by atoms with E-state index in [9.17, 15) is 115 Å². The predicted molar refractivity (Wildman–Crippen MR) is 483 cm³/mol. The van der Waals surface area contributed by atoms with E-state index in [1.807, 2.05) is 104 Å². The predicted octanol–water partition coefficient (Wildman–Crippen LogP) is 15.9. The van der Waals surface area contributed by atoms with Gasteiger partial charge in [-0.1, -0.05) is 70.8 Å². The molecule has 0 aliphatic heterocycles. The van der Waals surface area contributed by atoms with Gasteiger partial charge in [-0.25, -0.2) is 43.1 Å². The van der Waals surface area contributed by atoms with E-state index >= 15 is 0 Å². The first-order valence-electron chi connectivity index (χ1n) is 39.6. The second-order valence-corrected chi connectivity index (χ2v) is 37.5. The maximum atomic E-state index is 12.8. The van der Waals surface area contributed by atoms with Crippen LogP contribution in [0.2, 0.25) is 0 Å². The zero-order valence-corrected chi connectivity index (χ0v) is 79.8. The minimum Gasteiger partial charge on any atom is -0.501 e. The smallest absolute Gasteiger partial charge is 0.314 e. The van der Waals surface area contributed by atoms with E-state index in [-0.39, 0.29) is 117 Å². The summed E-state index contributed by atoms with van der Waals surface area (Å²) in [6, 6.07) is 35.4. The molecule has 0 aliphatic carbocycles. The van der Waals surface area contributed by atoms with Crippen LogP contribution in [-0.4, -0.2) is 184 Å². The molecule has 12 aromatic rings. The van der Waals surface area contributed by atoms with Crippen LogP contribution in [0.15, 0.2) is 206 Å². The van der Waals surface area contributed by atoms with Gasteiger partial charge in [0.05, 0.1) is 97.0 Å². The largest absolute Gasteiger partial charge is 0.501 e. The number of sulfone groups is 2. The number of sulfonamides is 2. The van der Waals surface area contributed by atoms with E-state index in [1.54, 1.807) is 76.2 Å². The van der Waals surface area contributed by atoms with Crippen LogP contribution >= 0.6 is 0 Å². The maximum absolute atomic E-state index is 12.8. The summed E-state index contributed by atoms with van der Waals surface area (Å²) in [5.74, 6) is -4.83. The van der Waals surface area contributed by atoms with Crippen molar-refractivity contribution in [2.45, 2.75) is 128 Å². The van der Waals surface area contributed by atoms with Crippen molar-refractivity contribution in [2.24, 2.45) is 40.9 Å². The van der Waals surface area contributed by atoms with Crippen molar-refractivity contribution in [3.63, 3.8) is 0 Å². The van der Waals surface area contributed by atoms with Crippen molar-refractivity contribution in [3.05, 3.63) is 231 Å². The molecule has 0 saturated heterocycles. The van der Waals surface area contributed by atoms with Crippen LogP contribution in [0.5, 0.6) is 46.5 Å². The van der Waals surface area contributed by atoms with Gasteiger partial charge in [-0.3, -0.25) is 40.5 Å². The minimum atomic E-state index is -4.18. The average Bonchev–Trinajstić information content (AvgIpc) is 1.72. The summed E-state index contributed by atoms with van der Waals surface area (Å²) in [5.41, 5.74) is 2.07. The number of aryl methyl sites for hydroxylation is 8. The van der Waals surface area contributed by atoms with Gasteiger partial charge >= 0.3 is 22.7 Å². The van der Waals surface area contributed by atoms with Crippen molar-refractivity contribution in [1.29, 1.82) is 0 Å². The number of nitro benzene ring substituents is 4. The van der Waals surface area contributed by atoms with Crippen LogP contribution < -0.4 is 9.44 Å². The van der Waals surface area contributed by atoms with Gasteiger partial charge in [-0.15, -0.1) is 40.9 Å². The molecule has 0 amide bonds. The minimum absolute atomic E-state index is 0. The fourth-order valence-electron chi connectivity index (χ4n) is 11.7. The topological polar surface area (TPSA) is 684 Å². The summed E-state index contributed by atoms with van der Waals surface area (Å²) >= 11 is 0. The number of rotatable bonds is 32. The Kier molecular flexibility index (Phi) is 36.8. The van der Waals surface area contributed by atoms with Crippen LogP contribution in [0, 0.1) is 95.8 Å². The number of phenolic OH excluding ortho intramolecular Hbond substituents is 4. The second kappa shape index (κ2) is 46.1. The van der Waals surface area contributed by atoms with E-state index in [0.29, 0.717) is 60.2 Å². The van der Waals surface area contributed by atoms with E-state index in [2.05, 4.69) is 70.8 Å². The molecule has 0 unspecified atom stereocenters. The first-order valence-corrected chi connectivity index (χ1v) is 46.3. The summed E-state index contributed by atoms with van der Waals surface area (Å²) in [7, 11) is -16.0. The summed E-state index contributed by atoms with van der Waals surface area (Å²) in [6.45, 7) is 22.0. The number of aromatic nitrogens is 8. The van der Waals surface area contributed by atoms with Gasteiger partial charge in [0.15, 0.2) is 42.4 Å². The van der Waals surface area contributed by atoms with Crippen LogP contribution in [0.25, 0.3) is 22.7 Å². The van der Waals surface area contributed by atoms with Crippen molar-refractivity contribution >= 4 is 108 Å². The molecule has 0 saturated carbocycles. The monoisotopic (exact) mass is 2040 g/mol. The van der Waals surface area contributed by atoms with E-state index in [1.165, 1.54) is 18.7 Å². The van der Waals surface area contributed by atoms with Gasteiger partial charge in [0.2, 0.25) is 66.6 Å². The maximum Gasteiger partial charge on any atom is 0.314 e. The third-order valence-electron chi connectivity index (χ3n) is 18.7. The Balaban J connectivity index is 0.000000247. The number of nitro groups is 4. The number of aromatic hydroxyl groups is 8. The normalized spacial score (nSPS) is 11.8. The van der Waals surface area contributed by atoms with Crippen LogP contribution in [0.3, 0.4) is 0 Å². The van der Waals surface area contributed by atoms with E-state index in [4.69, 9.17) is 9.47 Å². The van der Waals surface area contributed by atoms with Crippen LogP contribution in [0.4, 0.5) is 68.2 Å². The second-order valence-electron chi connectivity index (χ2n) is 30.0. The van der Waals surface area contributed by atoms with Crippen LogP contribution in [-0.2, 0) is 82.8 Å². The first kappa shape index (κ1) is 109. The molecule has 136 heavy (non-hydrogen) atoms. The van der Waals surface area contributed by atoms with Crippen molar-refractivity contribution in [1.82, 2.24) is 48.6 Å². The summed E-state index contributed by atoms with van der Waals surface area (Å²) < 4.78 is 119. The molecule has 4 aromatic heterocycles. The number of azo groups is 4. The fourth-order valence-corrected chi connectivity index (χ4v) is 15.2. The fraction of sp³-hybridized carbons (Fsp3) is 0.268. The Hall–Kier alpha value is -14.3. The molecule has 12 rings (SSSR count). The molecule has 48 nitrogen and oxygen atoms in total. The van der Waals surface area contributed by atoms with Crippen LogP contribution in [0.1, 0.15) is 85.6 Å². The molecule has 0 fully saturated rings. The van der Waals surface area contributed by atoms with Gasteiger partial charge in [-0.05, 0) is 169 Å². The number of ether oxygens (including phenoxy) is 2. The molecule has 8 aromatic carbocycles. The van der Waals surface area contributed by atoms with Gasteiger partial charge in [-0.2, -0.15) is 39.1 Å². The number of nitrogens with one attached hydrogen (secondary N) is 2. The molecule has 0 atom stereocenters. The van der Waals surface area contributed by atoms with Crippen molar-refractivity contribution in [3.8, 4) is 69.3 Å². The van der Waals surface area contributed by atoms with Gasteiger partial charge in [0.25, 0.3) is 0 Å². The number of nitrogens with zero attached hydrogens (tertiary/aromatic N) is 20. The average molecular weight is 2050 g/mol. The number of hydrogen-bond donors (Lipinski definition) is 10. The summed E-state index contributed by atoms with van der Waals surface area (Å²) in [5, 5.41) is 176. The number of hydrogen-bond acceptors (Lipinski definition) is 38. The molecular formula is C82H90Co2N22O26S4. The standard InChI is InChI=1S/2C23H28N6O7S.2C18H17N5O6S.2Co/c2*1-14(2)36-11-5-10-24-37(34,35)18-12-19(22(30)20(13-18)29(32)33)25-26-21-16(4)27-28(23(21)31)17-8-6-15(3)7-9-17;2*1-10-4-6-12(7-5-10)22-18(25)16(11(2)21-22)20-19-14-8-13(30(3,28)29)9-15(17(14)24)23(26)27;;/h2*6-9,12-14,24,30-31H,5,10-11H2,1-4H3;2*4-9,24-25H,1-3H3;;.